The van der Waals surface area contributed by atoms with Crippen molar-refractivity contribution >= 4 is 17.6 Å². The summed E-state index contributed by atoms with van der Waals surface area (Å²) < 4.78 is 6.15. The summed E-state index contributed by atoms with van der Waals surface area (Å²) in [5.74, 6) is 1.64. The zero-order chi connectivity index (χ0) is 23.1. The van der Waals surface area contributed by atoms with Crippen molar-refractivity contribution in [2.45, 2.75) is 45.4 Å². The van der Waals surface area contributed by atoms with Crippen LogP contribution in [0.2, 0.25) is 0 Å². The normalized spacial score (nSPS) is 17.3. The SMILES string of the molecule is CCNC(=NCc1cccc(NC(=O)CN(C)C)c1)NC1CC(C)(C)Oc2ccccc21. The smallest absolute Gasteiger partial charge is 0.238 e. The summed E-state index contributed by atoms with van der Waals surface area (Å²) in [4.78, 5) is 18.7. The van der Waals surface area contributed by atoms with Crippen molar-refractivity contribution < 1.29 is 9.53 Å². The third-order valence-corrected chi connectivity index (χ3v) is 5.12. The number of guanidine groups is 1. The molecule has 172 valence electrons. The second-order valence-electron chi connectivity index (χ2n) is 8.98. The summed E-state index contributed by atoms with van der Waals surface area (Å²) in [6.45, 7) is 7.89. The number of fused-ring (bicyclic) bond motifs is 1. The molecule has 3 rings (SSSR count). The first-order valence-electron chi connectivity index (χ1n) is 11.1. The summed E-state index contributed by atoms with van der Waals surface area (Å²) in [6, 6.07) is 16.1. The van der Waals surface area contributed by atoms with Gasteiger partial charge in [0.1, 0.15) is 11.4 Å². The molecule has 1 aliphatic rings. The molecule has 1 unspecified atom stereocenters. The number of carbonyl (C=O) groups is 1. The largest absolute Gasteiger partial charge is 0.487 e. The van der Waals surface area contributed by atoms with E-state index in [2.05, 4.69) is 42.8 Å². The minimum absolute atomic E-state index is 0.0357. The summed E-state index contributed by atoms with van der Waals surface area (Å²) in [7, 11) is 3.75. The Balaban J connectivity index is 1.72. The fraction of sp³-hybridized carbons (Fsp3) is 0.440. The van der Waals surface area contributed by atoms with Gasteiger partial charge < -0.3 is 25.6 Å². The Hall–Kier alpha value is -3.06. The van der Waals surface area contributed by atoms with Crippen molar-refractivity contribution in [3.8, 4) is 5.75 Å². The van der Waals surface area contributed by atoms with Gasteiger partial charge in [-0.1, -0.05) is 30.3 Å². The number of para-hydroxylation sites is 1. The molecule has 32 heavy (non-hydrogen) atoms. The van der Waals surface area contributed by atoms with Crippen LogP contribution < -0.4 is 20.7 Å². The number of rotatable bonds is 7. The standard InChI is InChI=1S/C25H35N5O2/c1-6-26-24(29-21-15-25(2,3)32-22-13-8-7-12-20(21)22)27-16-18-10-9-11-19(14-18)28-23(31)17-30(4)5/h7-14,21H,6,15-17H2,1-5H3,(H,28,31)(H2,26,27,29). The second-order valence-corrected chi connectivity index (χ2v) is 8.98. The Morgan fingerprint density at radius 3 is 2.72 bits per heavy atom. The van der Waals surface area contributed by atoms with Crippen LogP contribution in [0, 0.1) is 0 Å². The fourth-order valence-electron chi connectivity index (χ4n) is 3.82. The molecule has 2 aromatic carbocycles. The molecule has 0 aromatic heterocycles. The molecule has 1 heterocycles. The number of hydrogen-bond acceptors (Lipinski definition) is 4. The summed E-state index contributed by atoms with van der Waals surface area (Å²) in [6.07, 6.45) is 0.835. The first-order valence-corrected chi connectivity index (χ1v) is 11.1. The number of anilines is 1. The van der Waals surface area contributed by atoms with Crippen LogP contribution in [-0.2, 0) is 11.3 Å². The van der Waals surface area contributed by atoms with Gasteiger partial charge in [0, 0.05) is 24.2 Å². The Morgan fingerprint density at radius 1 is 1.19 bits per heavy atom. The molecule has 3 N–H and O–H groups in total. The highest BCUT2D eigenvalue weighted by Crippen LogP contribution is 2.39. The molecule has 7 nitrogen and oxygen atoms in total. The maximum atomic E-state index is 12.0. The van der Waals surface area contributed by atoms with E-state index in [1.165, 1.54) is 0 Å². The second kappa shape index (κ2) is 10.5. The maximum Gasteiger partial charge on any atom is 0.238 e. The summed E-state index contributed by atoms with van der Waals surface area (Å²) in [5.41, 5.74) is 2.69. The van der Waals surface area contributed by atoms with Crippen LogP contribution >= 0.6 is 0 Å². The van der Waals surface area contributed by atoms with Gasteiger partial charge >= 0.3 is 0 Å². The van der Waals surface area contributed by atoms with Crippen molar-refractivity contribution in [1.29, 1.82) is 0 Å². The van der Waals surface area contributed by atoms with E-state index in [1.807, 2.05) is 61.5 Å². The number of aliphatic imine (C=N–C) groups is 1. The summed E-state index contributed by atoms with van der Waals surface area (Å²) >= 11 is 0. The Kier molecular flexibility index (Phi) is 7.75. The van der Waals surface area contributed by atoms with Crippen LogP contribution in [0.5, 0.6) is 5.75 Å². The van der Waals surface area contributed by atoms with Crippen molar-refractivity contribution in [2.75, 3.05) is 32.5 Å². The van der Waals surface area contributed by atoms with Gasteiger partial charge in [0.05, 0.1) is 19.1 Å². The quantitative estimate of drug-likeness (QED) is 0.456. The number of amides is 1. The number of nitrogens with zero attached hydrogens (tertiary/aromatic N) is 2. The average molecular weight is 438 g/mol. The van der Waals surface area contributed by atoms with Crippen molar-refractivity contribution in [3.05, 3.63) is 59.7 Å². The van der Waals surface area contributed by atoms with Gasteiger partial charge in [-0.2, -0.15) is 0 Å². The van der Waals surface area contributed by atoms with E-state index >= 15 is 0 Å². The molecule has 0 radical (unpaired) electrons. The molecule has 1 aliphatic heterocycles. The fourth-order valence-corrected chi connectivity index (χ4v) is 3.82. The van der Waals surface area contributed by atoms with Crippen LogP contribution in [0.25, 0.3) is 0 Å². The number of likely N-dealkylation sites (N-methyl/N-ethyl adjacent to an activating group) is 1. The molecule has 0 spiro atoms. The monoisotopic (exact) mass is 437 g/mol. The van der Waals surface area contributed by atoms with Gasteiger partial charge in [-0.05, 0) is 58.6 Å². The van der Waals surface area contributed by atoms with E-state index in [4.69, 9.17) is 9.73 Å². The third-order valence-electron chi connectivity index (χ3n) is 5.12. The van der Waals surface area contributed by atoms with Gasteiger partial charge in [0.15, 0.2) is 5.96 Å². The van der Waals surface area contributed by atoms with Crippen molar-refractivity contribution in [3.63, 3.8) is 0 Å². The topological polar surface area (TPSA) is 78.0 Å². The lowest BCUT2D eigenvalue weighted by Gasteiger charge is -2.38. The third kappa shape index (κ3) is 6.72. The lowest BCUT2D eigenvalue weighted by atomic mass is 9.90. The zero-order valence-electron chi connectivity index (χ0n) is 19.7. The average Bonchev–Trinajstić information content (AvgIpc) is 2.71. The number of nitrogens with one attached hydrogen (secondary N) is 3. The molecule has 1 atom stereocenters. The van der Waals surface area contributed by atoms with E-state index < -0.39 is 0 Å². The number of carbonyl (C=O) groups excluding carboxylic acids is 1. The number of hydrogen-bond donors (Lipinski definition) is 3. The molecular formula is C25H35N5O2. The van der Waals surface area contributed by atoms with E-state index in [0.29, 0.717) is 13.1 Å². The predicted octanol–water partition coefficient (Wildman–Crippen LogP) is 3.54. The van der Waals surface area contributed by atoms with Crippen LogP contribution in [0.15, 0.2) is 53.5 Å². The minimum atomic E-state index is -0.261. The first kappa shape index (κ1) is 23.6. The lowest BCUT2D eigenvalue weighted by Crippen LogP contribution is -2.45. The van der Waals surface area contributed by atoms with Crippen LogP contribution in [0.4, 0.5) is 5.69 Å². The van der Waals surface area contributed by atoms with Crippen molar-refractivity contribution in [1.82, 2.24) is 15.5 Å². The van der Waals surface area contributed by atoms with Gasteiger partial charge in [0.25, 0.3) is 0 Å². The van der Waals surface area contributed by atoms with E-state index in [-0.39, 0.29) is 17.6 Å². The van der Waals surface area contributed by atoms with Gasteiger partial charge in [-0.25, -0.2) is 4.99 Å². The molecule has 0 aliphatic carbocycles. The summed E-state index contributed by atoms with van der Waals surface area (Å²) in [5, 5.41) is 9.88. The molecule has 1 amide bonds. The lowest BCUT2D eigenvalue weighted by molar-refractivity contribution is -0.116. The Morgan fingerprint density at radius 2 is 1.97 bits per heavy atom. The van der Waals surface area contributed by atoms with Gasteiger partial charge in [0.2, 0.25) is 5.91 Å². The van der Waals surface area contributed by atoms with Gasteiger partial charge in [-0.3, -0.25) is 4.79 Å². The molecule has 0 saturated heterocycles. The van der Waals surface area contributed by atoms with Crippen molar-refractivity contribution in [2.24, 2.45) is 4.99 Å². The zero-order valence-corrected chi connectivity index (χ0v) is 19.7. The van der Waals surface area contributed by atoms with E-state index in [1.54, 1.807) is 0 Å². The molecule has 7 heteroatoms. The number of ether oxygens (including phenoxy) is 1. The first-order chi connectivity index (χ1) is 15.3. The van der Waals surface area contributed by atoms with E-state index in [9.17, 15) is 4.79 Å². The highest BCUT2D eigenvalue weighted by atomic mass is 16.5. The molecule has 0 saturated carbocycles. The van der Waals surface area contributed by atoms with Crippen LogP contribution in [-0.4, -0.2) is 49.6 Å². The highest BCUT2D eigenvalue weighted by molar-refractivity contribution is 5.92. The maximum absolute atomic E-state index is 12.0. The highest BCUT2D eigenvalue weighted by Gasteiger charge is 2.33. The predicted molar refractivity (Wildman–Crippen MR) is 130 cm³/mol. The van der Waals surface area contributed by atoms with E-state index in [0.717, 1.165) is 41.5 Å². The number of benzene rings is 2. The Bertz CT molecular complexity index is 955. The van der Waals surface area contributed by atoms with Crippen LogP contribution in [0.3, 0.4) is 0 Å². The molecule has 2 aromatic rings. The molecule has 0 fully saturated rings. The molecule has 0 bridgehead atoms. The van der Waals surface area contributed by atoms with Gasteiger partial charge in [-0.15, -0.1) is 0 Å². The van der Waals surface area contributed by atoms with Crippen LogP contribution in [0.1, 0.15) is 44.4 Å². The Labute approximate surface area is 191 Å². The minimum Gasteiger partial charge on any atom is -0.487 e. The molecular weight excluding hydrogens is 402 g/mol.